The Bertz CT molecular complexity index is 631. The first-order chi connectivity index (χ1) is 8.72. The lowest BCUT2D eigenvalue weighted by molar-refractivity contribution is 0.478. The maximum atomic E-state index is 8.89. The fourth-order valence-corrected chi connectivity index (χ4v) is 1.58. The van der Waals surface area contributed by atoms with E-state index >= 15 is 0 Å². The summed E-state index contributed by atoms with van der Waals surface area (Å²) in [7, 11) is 0. The minimum atomic E-state index is 0.414. The van der Waals surface area contributed by atoms with Crippen molar-refractivity contribution in [1.82, 2.24) is 0 Å². The molecule has 0 N–H and O–H groups in total. The Morgan fingerprint density at radius 2 is 1.56 bits per heavy atom. The van der Waals surface area contributed by atoms with E-state index in [4.69, 9.17) is 15.3 Å². The van der Waals surface area contributed by atoms with Gasteiger partial charge in [0.15, 0.2) is 0 Å². The molecule has 2 aromatic carbocycles. The lowest BCUT2D eigenvalue weighted by Gasteiger charge is -2.08. The number of hydrogen-bond acceptors (Lipinski definition) is 3. The van der Waals surface area contributed by atoms with E-state index < -0.39 is 0 Å². The second-order valence-electron chi connectivity index (χ2n) is 3.84. The summed E-state index contributed by atoms with van der Waals surface area (Å²) in [5, 5.41) is 17.8. The summed E-state index contributed by atoms with van der Waals surface area (Å²) in [6.07, 6.45) is 0. The van der Waals surface area contributed by atoms with E-state index in [0.29, 0.717) is 16.9 Å². The quantitative estimate of drug-likeness (QED) is 0.798. The van der Waals surface area contributed by atoms with Crippen LogP contribution >= 0.6 is 0 Å². The van der Waals surface area contributed by atoms with Crippen molar-refractivity contribution in [3.63, 3.8) is 0 Å². The molecule has 3 heteroatoms. The second-order valence-corrected chi connectivity index (χ2v) is 3.84. The number of benzene rings is 2. The summed E-state index contributed by atoms with van der Waals surface area (Å²) in [4.78, 5) is 0. The molecular formula is C15H10N2O. The van der Waals surface area contributed by atoms with Gasteiger partial charge in [0.1, 0.15) is 11.5 Å². The number of para-hydroxylation sites is 1. The number of nitriles is 2. The Kier molecular flexibility index (Phi) is 3.27. The molecule has 0 heterocycles. The molecule has 0 fully saturated rings. The monoisotopic (exact) mass is 234 g/mol. The third-order valence-electron chi connectivity index (χ3n) is 2.49. The fraction of sp³-hybridized carbons (Fsp3) is 0.0667. The molecule has 0 unspecified atom stereocenters. The average molecular weight is 234 g/mol. The minimum Gasteiger partial charge on any atom is -0.457 e. The third kappa shape index (κ3) is 2.48. The lowest BCUT2D eigenvalue weighted by atomic mass is 10.1. The number of hydrogen-bond donors (Lipinski definition) is 0. The molecule has 0 aromatic heterocycles. The van der Waals surface area contributed by atoms with Gasteiger partial charge in [0, 0.05) is 0 Å². The predicted octanol–water partition coefficient (Wildman–Crippen LogP) is 3.53. The van der Waals surface area contributed by atoms with Gasteiger partial charge >= 0.3 is 0 Å². The Hall–Kier alpha value is -2.78. The topological polar surface area (TPSA) is 56.8 Å². The van der Waals surface area contributed by atoms with E-state index in [-0.39, 0.29) is 0 Å². The van der Waals surface area contributed by atoms with Crippen molar-refractivity contribution >= 4 is 0 Å². The van der Waals surface area contributed by atoms with Crippen LogP contribution in [0, 0.1) is 29.6 Å². The normalized spacial score (nSPS) is 9.28. The van der Waals surface area contributed by atoms with E-state index in [1.165, 1.54) is 6.07 Å². The van der Waals surface area contributed by atoms with E-state index in [9.17, 15) is 0 Å². The van der Waals surface area contributed by atoms with Gasteiger partial charge in [-0.25, -0.2) is 0 Å². The number of aryl methyl sites for hydroxylation is 1. The van der Waals surface area contributed by atoms with E-state index in [0.717, 1.165) is 11.3 Å². The van der Waals surface area contributed by atoms with Crippen LogP contribution in [0.3, 0.4) is 0 Å². The molecule has 0 aliphatic heterocycles. The van der Waals surface area contributed by atoms with Gasteiger partial charge in [0.05, 0.1) is 23.3 Å². The molecular weight excluding hydrogens is 224 g/mol. The fourth-order valence-electron chi connectivity index (χ4n) is 1.58. The third-order valence-corrected chi connectivity index (χ3v) is 2.49. The Morgan fingerprint density at radius 3 is 2.11 bits per heavy atom. The van der Waals surface area contributed by atoms with Gasteiger partial charge in [-0.2, -0.15) is 10.5 Å². The van der Waals surface area contributed by atoms with Gasteiger partial charge in [0.2, 0.25) is 0 Å². The molecule has 3 nitrogen and oxygen atoms in total. The van der Waals surface area contributed by atoms with E-state index in [1.807, 2.05) is 43.3 Å². The Morgan fingerprint density at radius 1 is 0.944 bits per heavy atom. The van der Waals surface area contributed by atoms with Crippen molar-refractivity contribution in [1.29, 1.82) is 10.5 Å². The molecule has 18 heavy (non-hydrogen) atoms. The zero-order chi connectivity index (χ0) is 13.0. The molecule has 0 bridgehead atoms. The Balaban J connectivity index is 2.39. The molecule has 0 saturated heterocycles. The van der Waals surface area contributed by atoms with Crippen LogP contribution in [-0.2, 0) is 0 Å². The number of rotatable bonds is 2. The van der Waals surface area contributed by atoms with Crippen LogP contribution in [0.25, 0.3) is 0 Å². The first-order valence-corrected chi connectivity index (χ1v) is 5.41. The van der Waals surface area contributed by atoms with Crippen LogP contribution in [-0.4, -0.2) is 0 Å². The van der Waals surface area contributed by atoms with Crippen LogP contribution in [0.1, 0.15) is 16.7 Å². The molecule has 0 aliphatic rings. The SMILES string of the molecule is Cc1ccccc1Oc1cc(C#N)cc(C#N)c1. The molecule has 0 saturated carbocycles. The van der Waals surface area contributed by atoms with Crippen molar-refractivity contribution in [2.75, 3.05) is 0 Å². The highest BCUT2D eigenvalue weighted by molar-refractivity contribution is 5.47. The summed E-state index contributed by atoms with van der Waals surface area (Å²) in [5.74, 6) is 1.22. The molecule has 0 amide bonds. The zero-order valence-electron chi connectivity index (χ0n) is 9.84. The van der Waals surface area contributed by atoms with Gasteiger partial charge in [-0.1, -0.05) is 18.2 Å². The molecule has 86 valence electrons. The van der Waals surface area contributed by atoms with Gasteiger partial charge in [-0.3, -0.25) is 0 Å². The summed E-state index contributed by atoms with van der Waals surface area (Å²) >= 11 is 0. The van der Waals surface area contributed by atoms with Crippen LogP contribution < -0.4 is 4.74 Å². The molecule has 0 atom stereocenters. The van der Waals surface area contributed by atoms with Crippen molar-refractivity contribution in [2.45, 2.75) is 6.92 Å². The van der Waals surface area contributed by atoms with Crippen molar-refractivity contribution in [3.05, 3.63) is 59.2 Å². The first-order valence-electron chi connectivity index (χ1n) is 5.41. The molecule has 2 rings (SSSR count). The summed E-state index contributed by atoms with van der Waals surface area (Å²) in [6, 6.07) is 16.4. The standard InChI is InChI=1S/C15H10N2O/c1-11-4-2-3-5-15(11)18-14-7-12(9-16)6-13(8-14)10-17/h2-8H,1H3. The Labute approximate surface area is 105 Å². The zero-order valence-corrected chi connectivity index (χ0v) is 9.84. The number of nitrogens with zero attached hydrogens (tertiary/aromatic N) is 2. The largest absolute Gasteiger partial charge is 0.457 e. The maximum absolute atomic E-state index is 8.89. The van der Waals surface area contributed by atoms with Crippen LogP contribution in [0.4, 0.5) is 0 Å². The van der Waals surface area contributed by atoms with Crippen molar-refractivity contribution < 1.29 is 4.74 Å². The smallest absolute Gasteiger partial charge is 0.130 e. The van der Waals surface area contributed by atoms with Gasteiger partial charge in [-0.15, -0.1) is 0 Å². The molecule has 0 radical (unpaired) electrons. The summed E-state index contributed by atoms with van der Waals surface area (Å²) in [6.45, 7) is 1.94. The van der Waals surface area contributed by atoms with Crippen molar-refractivity contribution in [2.24, 2.45) is 0 Å². The highest BCUT2D eigenvalue weighted by Crippen LogP contribution is 2.26. The second kappa shape index (κ2) is 5.03. The van der Waals surface area contributed by atoms with E-state index in [1.54, 1.807) is 12.1 Å². The summed E-state index contributed by atoms with van der Waals surface area (Å²) < 4.78 is 5.69. The highest BCUT2D eigenvalue weighted by atomic mass is 16.5. The minimum absolute atomic E-state index is 0.414. The average Bonchev–Trinajstić information content (AvgIpc) is 2.41. The first kappa shape index (κ1) is 11.7. The van der Waals surface area contributed by atoms with Gasteiger partial charge in [-0.05, 0) is 36.8 Å². The number of ether oxygens (including phenoxy) is 1. The van der Waals surface area contributed by atoms with Gasteiger partial charge in [0.25, 0.3) is 0 Å². The highest BCUT2D eigenvalue weighted by Gasteiger charge is 2.04. The predicted molar refractivity (Wildman–Crippen MR) is 67.1 cm³/mol. The molecule has 0 aliphatic carbocycles. The van der Waals surface area contributed by atoms with Crippen LogP contribution in [0.5, 0.6) is 11.5 Å². The van der Waals surface area contributed by atoms with Crippen LogP contribution in [0.2, 0.25) is 0 Å². The summed E-state index contributed by atoms with van der Waals surface area (Å²) in [5.41, 5.74) is 1.83. The maximum Gasteiger partial charge on any atom is 0.130 e. The molecule has 0 spiro atoms. The van der Waals surface area contributed by atoms with Crippen molar-refractivity contribution in [3.8, 4) is 23.6 Å². The lowest BCUT2D eigenvalue weighted by Crippen LogP contribution is -1.89. The van der Waals surface area contributed by atoms with E-state index in [2.05, 4.69) is 0 Å². The van der Waals surface area contributed by atoms with Gasteiger partial charge < -0.3 is 4.74 Å². The van der Waals surface area contributed by atoms with Crippen LogP contribution in [0.15, 0.2) is 42.5 Å². The molecule has 2 aromatic rings.